The molecule has 0 unspecified atom stereocenters. The molecular formula is C21H16N2O2S. The maximum atomic E-state index is 12.8. The number of rotatable bonds is 4. The molecule has 0 saturated heterocycles. The molecule has 26 heavy (non-hydrogen) atoms. The van der Waals surface area contributed by atoms with Gasteiger partial charge in [-0.25, -0.2) is 8.42 Å². The molecule has 0 bridgehead atoms. The lowest BCUT2D eigenvalue weighted by atomic mass is 10.1. The van der Waals surface area contributed by atoms with Crippen molar-refractivity contribution in [3.8, 4) is 11.1 Å². The van der Waals surface area contributed by atoms with E-state index in [-0.39, 0.29) is 4.90 Å². The Morgan fingerprint density at radius 3 is 2.23 bits per heavy atom. The van der Waals surface area contributed by atoms with Crippen LogP contribution in [-0.4, -0.2) is 13.4 Å². The molecule has 0 aliphatic heterocycles. The molecule has 1 heterocycles. The highest BCUT2D eigenvalue weighted by Crippen LogP contribution is 2.26. The van der Waals surface area contributed by atoms with Gasteiger partial charge in [0, 0.05) is 23.2 Å². The molecule has 0 atom stereocenters. The van der Waals surface area contributed by atoms with Gasteiger partial charge in [-0.05, 0) is 35.4 Å². The Hall–Kier alpha value is -3.18. The summed E-state index contributed by atoms with van der Waals surface area (Å²) in [6.07, 6.45) is 3.36. The van der Waals surface area contributed by atoms with E-state index in [0.717, 1.165) is 21.9 Å². The lowest BCUT2D eigenvalue weighted by Gasteiger charge is -2.11. The molecule has 0 fully saturated rings. The highest BCUT2D eigenvalue weighted by molar-refractivity contribution is 7.92. The van der Waals surface area contributed by atoms with Crippen LogP contribution in [0.25, 0.3) is 21.9 Å². The number of aromatic nitrogens is 1. The molecule has 3 aromatic carbocycles. The van der Waals surface area contributed by atoms with Crippen molar-refractivity contribution in [3.05, 3.63) is 91.3 Å². The lowest BCUT2D eigenvalue weighted by Crippen LogP contribution is -2.13. The van der Waals surface area contributed by atoms with Gasteiger partial charge in [-0.1, -0.05) is 54.6 Å². The van der Waals surface area contributed by atoms with E-state index in [1.54, 1.807) is 42.7 Å². The Kier molecular flexibility index (Phi) is 4.14. The van der Waals surface area contributed by atoms with Gasteiger partial charge in [0.25, 0.3) is 10.0 Å². The van der Waals surface area contributed by atoms with Crippen molar-refractivity contribution in [1.29, 1.82) is 0 Å². The third kappa shape index (κ3) is 3.17. The van der Waals surface area contributed by atoms with Crippen LogP contribution < -0.4 is 4.72 Å². The van der Waals surface area contributed by atoms with Crippen molar-refractivity contribution in [2.75, 3.05) is 4.72 Å². The number of anilines is 1. The van der Waals surface area contributed by atoms with E-state index in [0.29, 0.717) is 5.69 Å². The van der Waals surface area contributed by atoms with Crippen LogP contribution in [0.2, 0.25) is 0 Å². The van der Waals surface area contributed by atoms with Gasteiger partial charge in [-0.2, -0.15) is 0 Å². The molecule has 0 aliphatic rings. The Balaban J connectivity index is 1.66. The summed E-state index contributed by atoms with van der Waals surface area (Å²) in [7, 11) is -3.67. The molecule has 0 spiro atoms. The second-order valence-electron chi connectivity index (χ2n) is 5.90. The Morgan fingerprint density at radius 1 is 0.731 bits per heavy atom. The first-order chi connectivity index (χ1) is 12.6. The molecule has 4 nitrogen and oxygen atoms in total. The maximum Gasteiger partial charge on any atom is 0.261 e. The normalized spacial score (nSPS) is 11.4. The minimum Gasteiger partial charge on any atom is -0.279 e. The SMILES string of the molecule is O=S(=O)(Nc1cccc2cnccc12)c1ccc(-c2ccccc2)cc1. The quantitative estimate of drug-likeness (QED) is 0.574. The number of nitrogens with one attached hydrogen (secondary N) is 1. The van der Waals surface area contributed by atoms with E-state index in [1.165, 1.54) is 0 Å². The number of benzene rings is 3. The summed E-state index contributed by atoms with van der Waals surface area (Å²) in [5.41, 5.74) is 2.56. The van der Waals surface area contributed by atoms with Crippen molar-refractivity contribution < 1.29 is 8.42 Å². The van der Waals surface area contributed by atoms with Crippen LogP contribution in [0, 0.1) is 0 Å². The van der Waals surface area contributed by atoms with Crippen LogP contribution in [0.1, 0.15) is 0 Å². The van der Waals surface area contributed by atoms with Crippen molar-refractivity contribution in [2.24, 2.45) is 0 Å². The van der Waals surface area contributed by atoms with Crippen LogP contribution >= 0.6 is 0 Å². The molecule has 0 amide bonds. The number of nitrogens with zero attached hydrogens (tertiary/aromatic N) is 1. The van der Waals surface area contributed by atoms with Gasteiger partial charge in [0.1, 0.15) is 0 Å². The summed E-state index contributed by atoms with van der Waals surface area (Å²) < 4.78 is 28.2. The smallest absolute Gasteiger partial charge is 0.261 e. The van der Waals surface area contributed by atoms with Crippen molar-refractivity contribution in [1.82, 2.24) is 4.98 Å². The molecule has 4 aromatic rings. The van der Waals surface area contributed by atoms with Crippen molar-refractivity contribution >= 4 is 26.5 Å². The van der Waals surface area contributed by atoms with Gasteiger partial charge >= 0.3 is 0 Å². The molecule has 0 aliphatic carbocycles. The van der Waals surface area contributed by atoms with Gasteiger partial charge in [0.2, 0.25) is 0 Å². The first-order valence-electron chi connectivity index (χ1n) is 8.14. The minimum atomic E-state index is -3.67. The largest absolute Gasteiger partial charge is 0.279 e. The highest BCUT2D eigenvalue weighted by Gasteiger charge is 2.15. The van der Waals surface area contributed by atoms with E-state index in [4.69, 9.17) is 0 Å². The molecule has 0 radical (unpaired) electrons. The third-order valence-electron chi connectivity index (χ3n) is 4.20. The molecule has 1 aromatic heterocycles. The van der Waals surface area contributed by atoms with Crippen molar-refractivity contribution in [2.45, 2.75) is 4.90 Å². The zero-order chi connectivity index (χ0) is 18.0. The van der Waals surface area contributed by atoms with E-state index >= 15 is 0 Å². The topological polar surface area (TPSA) is 59.1 Å². The molecule has 1 N–H and O–H groups in total. The Morgan fingerprint density at radius 2 is 1.46 bits per heavy atom. The fourth-order valence-corrected chi connectivity index (χ4v) is 3.95. The number of hydrogen-bond donors (Lipinski definition) is 1. The first kappa shape index (κ1) is 16.3. The summed E-state index contributed by atoms with van der Waals surface area (Å²) in [6, 6.07) is 24.0. The van der Waals surface area contributed by atoms with E-state index < -0.39 is 10.0 Å². The molecule has 128 valence electrons. The van der Waals surface area contributed by atoms with E-state index in [9.17, 15) is 8.42 Å². The first-order valence-corrected chi connectivity index (χ1v) is 9.63. The van der Waals surface area contributed by atoms with Gasteiger partial charge in [0.15, 0.2) is 0 Å². The Labute approximate surface area is 152 Å². The predicted molar refractivity (Wildman–Crippen MR) is 104 cm³/mol. The standard InChI is InChI=1S/C21H16N2O2S/c24-26(25,23-21-8-4-7-18-15-22-14-13-20(18)21)19-11-9-17(10-12-19)16-5-2-1-3-6-16/h1-15,23H. The van der Waals surface area contributed by atoms with Gasteiger partial charge in [-0.15, -0.1) is 0 Å². The van der Waals surface area contributed by atoms with Gasteiger partial charge in [0.05, 0.1) is 10.6 Å². The van der Waals surface area contributed by atoms with Crippen LogP contribution in [0.5, 0.6) is 0 Å². The second-order valence-corrected chi connectivity index (χ2v) is 7.58. The molecule has 0 saturated carbocycles. The average molecular weight is 360 g/mol. The highest BCUT2D eigenvalue weighted by atomic mass is 32.2. The molecule has 5 heteroatoms. The average Bonchev–Trinajstić information content (AvgIpc) is 2.69. The zero-order valence-corrected chi connectivity index (χ0v) is 14.6. The van der Waals surface area contributed by atoms with Crippen LogP contribution in [0.4, 0.5) is 5.69 Å². The fraction of sp³-hybridized carbons (Fsp3) is 0. The number of hydrogen-bond acceptors (Lipinski definition) is 3. The van der Waals surface area contributed by atoms with Gasteiger partial charge < -0.3 is 0 Å². The monoisotopic (exact) mass is 360 g/mol. The predicted octanol–water partition coefficient (Wildman–Crippen LogP) is 4.70. The van der Waals surface area contributed by atoms with Crippen LogP contribution in [0.3, 0.4) is 0 Å². The van der Waals surface area contributed by atoms with E-state index in [1.807, 2.05) is 48.5 Å². The summed E-state index contributed by atoms with van der Waals surface area (Å²) in [5, 5.41) is 1.69. The van der Waals surface area contributed by atoms with Gasteiger partial charge in [-0.3, -0.25) is 9.71 Å². The fourth-order valence-electron chi connectivity index (χ4n) is 2.87. The number of sulfonamides is 1. The maximum absolute atomic E-state index is 12.8. The minimum absolute atomic E-state index is 0.225. The summed E-state index contributed by atoms with van der Waals surface area (Å²) >= 11 is 0. The summed E-state index contributed by atoms with van der Waals surface area (Å²) in [6.45, 7) is 0. The Bertz CT molecular complexity index is 1150. The third-order valence-corrected chi connectivity index (χ3v) is 5.58. The van der Waals surface area contributed by atoms with E-state index in [2.05, 4.69) is 9.71 Å². The summed E-state index contributed by atoms with van der Waals surface area (Å²) in [4.78, 5) is 4.30. The number of pyridine rings is 1. The lowest BCUT2D eigenvalue weighted by molar-refractivity contribution is 0.601. The molecular weight excluding hydrogens is 344 g/mol. The zero-order valence-electron chi connectivity index (χ0n) is 13.8. The van der Waals surface area contributed by atoms with Crippen LogP contribution in [0.15, 0.2) is 96.2 Å². The van der Waals surface area contributed by atoms with Crippen LogP contribution in [-0.2, 0) is 10.0 Å². The summed E-state index contributed by atoms with van der Waals surface area (Å²) in [5.74, 6) is 0. The second kappa shape index (κ2) is 6.61. The number of fused-ring (bicyclic) bond motifs is 1. The molecule has 4 rings (SSSR count). The van der Waals surface area contributed by atoms with Crippen molar-refractivity contribution in [3.63, 3.8) is 0 Å².